The molecule has 0 fully saturated rings. The van der Waals surface area contributed by atoms with Crippen LogP contribution in [0.5, 0.6) is 0 Å². The molecular formula is C114H72N6. The Morgan fingerprint density at radius 1 is 0.0917 bits per heavy atom. The summed E-state index contributed by atoms with van der Waals surface area (Å²) in [5, 5.41) is 14.6. The number of hydrogen-bond donors (Lipinski definition) is 0. The number of para-hydroxylation sites is 12. The molecule has 6 nitrogen and oxygen atoms in total. The van der Waals surface area contributed by atoms with Crippen LogP contribution in [-0.4, -0.2) is 27.4 Å². The van der Waals surface area contributed by atoms with Gasteiger partial charge in [-0.1, -0.05) is 291 Å². The van der Waals surface area contributed by atoms with Gasteiger partial charge < -0.3 is 27.4 Å². The van der Waals surface area contributed by atoms with Crippen LogP contribution < -0.4 is 0 Å². The molecule has 0 aliphatic rings. The molecule has 0 N–H and O–H groups in total. The number of hydrogen-bond acceptors (Lipinski definition) is 0. The van der Waals surface area contributed by atoms with Gasteiger partial charge in [-0.3, -0.25) is 0 Å². The van der Waals surface area contributed by atoms with Crippen LogP contribution in [0.3, 0.4) is 0 Å². The molecule has 0 atom stereocenters. The summed E-state index contributed by atoms with van der Waals surface area (Å²) in [6.07, 6.45) is 0. The molecule has 0 saturated carbocycles. The predicted molar refractivity (Wildman–Crippen MR) is 505 cm³/mol. The van der Waals surface area contributed by atoms with E-state index in [1.807, 2.05) is 0 Å². The Labute approximate surface area is 691 Å². The normalized spacial score (nSPS) is 12.0. The second kappa shape index (κ2) is 26.8. The first-order chi connectivity index (χ1) is 59.6. The highest BCUT2D eigenvalue weighted by atomic mass is 15.0. The molecule has 0 unspecified atom stereocenters. The van der Waals surface area contributed by atoms with E-state index < -0.39 is 0 Å². The third-order valence-corrected chi connectivity index (χ3v) is 25.5. The molecule has 19 aromatic carbocycles. The van der Waals surface area contributed by atoms with E-state index in [-0.39, 0.29) is 0 Å². The first-order valence-electron chi connectivity index (χ1n) is 41.4. The molecule has 0 aliphatic heterocycles. The fraction of sp³-hybridized carbons (Fsp3) is 0. The molecule has 0 radical (unpaired) electrons. The second-order valence-electron chi connectivity index (χ2n) is 31.7. The fourth-order valence-corrected chi connectivity index (χ4v) is 20.3. The summed E-state index contributed by atoms with van der Waals surface area (Å²) in [6, 6.07) is 163. The molecule has 0 spiro atoms. The van der Waals surface area contributed by atoms with Crippen molar-refractivity contribution in [3.05, 3.63) is 437 Å². The lowest BCUT2D eigenvalue weighted by molar-refractivity contribution is 1.18. The van der Waals surface area contributed by atoms with Gasteiger partial charge in [0.05, 0.1) is 66.2 Å². The number of aromatic nitrogens is 6. The van der Waals surface area contributed by atoms with E-state index in [1.165, 1.54) is 64.6 Å². The van der Waals surface area contributed by atoms with Gasteiger partial charge in [-0.15, -0.1) is 0 Å². The minimum absolute atomic E-state index is 1.07. The maximum absolute atomic E-state index is 2.44. The number of rotatable bonds is 12. The molecule has 0 saturated heterocycles. The average molecular weight is 1530 g/mol. The molecule has 6 aromatic heterocycles. The lowest BCUT2D eigenvalue weighted by Gasteiger charge is -2.29. The quantitative estimate of drug-likeness (QED) is 0.117. The van der Waals surface area contributed by atoms with Crippen LogP contribution in [0.2, 0.25) is 0 Å². The molecule has 0 aliphatic carbocycles. The highest BCUT2D eigenvalue weighted by molar-refractivity contribution is 6.19. The third kappa shape index (κ3) is 10.2. The fourth-order valence-electron chi connectivity index (χ4n) is 20.3. The third-order valence-electron chi connectivity index (χ3n) is 25.5. The predicted octanol–water partition coefficient (Wildman–Crippen LogP) is 30.3. The van der Waals surface area contributed by atoms with E-state index in [4.69, 9.17) is 0 Å². The van der Waals surface area contributed by atoms with Crippen molar-refractivity contribution in [1.29, 1.82) is 0 Å². The summed E-state index contributed by atoms with van der Waals surface area (Å²) in [6.45, 7) is 0. The van der Waals surface area contributed by atoms with E-state index >= 15 is 0 Å². The molecule has 6 heterocycles. The molecule has 25 aromatic rings. The van der Waals surface area contributed by atoms with Crippen molar-refractivity contribution in [2.24, 2.45) is 0 Å². The van der Waals surface area contributed by atoms with Crippen LogP contribution in [0.4, 0.5) is 0 Å². The molecule has 0 bridgehead atoms. The zero-order valence-electron chi connectivity index (χ0n) is 65.3. The van der Waals surface area contributed by atoms with Gasteiger partial charge in [0.25, 0.3) is 0 Å². The first-order valence-corrected chi connectivity index (χ1v) is 41.4. The molecule has 120 heavy (non-hydrogen) atoms. The summed E-state index contributed by atoms with van der Waals surface area (Å²) < 4.78 is 14.7. The van der Waals surface area contributed by atoms with Crippen LogP contribution in [0.25, 0.3) is 232 Å². The van der Waals surface area contributed by atoms with Gasteiger partial charge in [0.1, 0.15) is 0 Å². The minimum Gasteiger partial charge on any atom is -0.309 e. The molecule has 558 valence electrons. The molecule has 6 heteroatoms. The van der Waals surface area contributed by atoms with Crippen LogP contribution in [0.15, 0.2) is 437 Å². The lowest BCUT2D eigenvalue weighted by Crippen LogP contribution is -2.04. The Hall–Kier alpha value is -16.0. The van der Waals surface area contributed by atoms with Crippen molar-refractivity contribution in [3.63, 3.8) is 0 Å². The van der Waals surface area contributed by atoms with Gasteiger partial charge in [-0.25, -0.2) is 0 Å². The maximum Gasteiger partial charge on any atom is 0.0541 e. The van der Waals surface area contributed by atoms with E-state index in [0.717, 1.165) is 167 Å². The van der Waals surface area contributed by atoms with Gasteiger partial charge in [0.2, 0.25) is 0 Å². The van der Waals surface area contributed by atoms with Crippen molar-refractivity contribution in [3.8, 4) is 101 Å². The van der Waals surface area contributed by atoms with Crippen LogP contribution in [-0.2, 0) is 0 Å². The Morgan fingerprint density at radius 2 is 0.183 bits per heavy atom. The van der Waals surface area contributed by atoms with E-state index in [2.05, 4.69) is 464 Å². The lowest BCUT2D eigenvalue weighted by atomic mass is 9.74. The zero-order chi connectivity index (χ0) is 78.6. The highest BCUT2D eigenvalue weighted by Gasteiger charge is 2.32. The molecular weight excluding hydrogens is 1450 g/mol. The molecule has 25 rings (SSSR count). The van der Waals surface area contributed by atoms with Gasteiger partial charge in [0, 0.05) is 98.8 Å². The van der Waals surface area contributed by atoms with Crippen molar-refractivity contribution >= 4 is 131 Å². The van der Waals surface area contributed by atoms with E-state index in [9.17, 15) is 0 Å². The van der Waals surface area contributed by atoms with Crippen LogP contribution in [0, 0.1) is 0 Å². The minimum atomic E-state index is 1.07. The van der Waals surface area contributed by atoms with Crippen LogP contribution in [0.1, 0.15) is 0 Å². The topological polar surface area (TPSA) is 29.6 Å². The SMILES string of the molecule is c1ccc2c(c1)c1ccccc1n2-c1ccc(-c2c(-c3ccc(-n4c5ccccc5c5ccccc54)cc3)c(-c3ccc(-n4c5ccccc5c5ccccc54)cc3)c(-c3ccc(-n4c5ccccc5c5ccccc54)cc3)c(-c3ccc(-n4c5ccccc5c5ccccc54)cc3)c2-c2ccc(-n3c4ccccc4c4ccccc43)cc2)cc1. The largest absolute Gasteiger partial charge is 0.309 e. The Kier molecular flexibility index (Phi) is 15.0. The van der Waals surface area contributed by atoms with Crippen molar-refractivity contribution in [2.75, 3.05) is 0 Å². The van der Waals surface area contributed by atoms with E-state index in [0.29, 0.717) is 0 Å². The number of nitrogens with zero attached hydrogens (tertiary/aromatic N) is 6. The Morgan fingerprint density at radius 3 is 0.283 bits per heavy atom. The van der Waals surface area contributed by atoms with Crippen molar-refractivity contribution in [1.82, 2.24) is 27.4 Å². The summed E-state index contributed by atoms with van der Waals surface area (Å²) >= 11 is 0. The summed E-state index contributed by atoms with van der Waals surface area (Å²) in [5.74, 6) is 0. The zero-order valence-corrected chi connectivity index (χ0v) is 65.3. The van der Waals surface area contributed by atoms with Gasteiger partial charge >= 0.3 is 0 Å². The van der Waals surface area contributed by atoms with Crippen molar-refractivity contribution < 1.29 is 0 Å². The first kappa shape index (κ1) is 67.3. The summed E-state index contributed by atoms with van der Waals surface area (Å²) in [4.78, 5) is 0. The summed E-state index contributed by atoms with van der Waals surface area (Å²) in [5.41, 5.74) is 33.4. The van der Waals surface area contributed by atoms with Gasteiger partial charge in [-0.05, 0) is 212 Å². The van der Waals surface area contributed by atoms with Crippen LogP contribution >= 0.6 is 0 Å². The Balaban J connectivity index is 0.833. The van der Waals surface area contributed by atoms with E-state index in [1.54, 1.807) is 0 Å². The standard InChI is InChI=1S/C114H72N6/c1-13-37-97-85(25-1)86-26-2-14-38-98(86)115(97)79-61-49-73(50-62-79)109-110(74-51-63-80(64-52-74)116-99-39-15-3-27-87(99)88-28-4-16-40-100(88)116)112(76-55-67-82(68-56-76)118-103-43-19-7-31-91(103)92-32-8-20-44-104(92)118)114(78-59-71-84(72-60-78)120-107-47-23-11-35-95(107)96-36-12-24-48-108(96)120)113(77-57-69-83(70-58-77)119-105-45-21-9-33-93(105)94-34-10-22-46-106(94)119)111(109)75-53-65-81(66-54-75)117-101-41-17-5-29-89(101)90-30-6-18-42-102(90)117/h1-72H. The number of fused-ring (bicyclic) bond motifs is 18. The molecule has 0 amide bonds. The maximum atomic E-state index is 2.44. The highest BCUT2D eigenvalue weighted by Crippen LogP contribution is 2.57. The smallest absolute Gasteiger partial charge is 0.0541 e. The Bertz CT molecular complexity index is 6840. The monoisotopic (exact) mass is 1520 g/mol. The summed E-state index contributed by atoms with van der Waals surface area (Å²) in [7, 11) is 0. The second-order valence-corrected chi connectivity index (χ2v) is 31.7. The average Bonchev–Trinajstić information content (AvgIpc) is 1.35. The van der Waals surface area contributed by atoms with Gasteiger partial charge in [0.15, 0.2) is 0 Å². The van der Waals surface area contributed by atoms with Gasteiger partial charge in [-0.2, -0.15) is 0 Å². The number of benzene rings is 19. The van der Waals surface area contributed by atoms with Crippen molar-refractivity contribution in [2.45, 2.75) is 0 Å².